The Labute approximate surface area is 216 Å². The highest BCUT2D eigenvalue weighted by atomic mass is 19.3. The van der Waals surface area contributed by atoms with Gasteiger partial charge in [-0.05, 0) is 49.3 Å². The maximum absolute atomic E-state index is 14.9. The highest BCUT2D eigenvalue weighted by Crippen LogP contribution is 2.45. The maximum Gasteiger partial charge on any atom is 0.301 e. The van der Waals surface area contributed by atoms with E-state index in [0.717, 1.165) is 6.20 Å². The summed E-state index contributed by atoms with van der Waals surface area (Å²) >= 11 is 0. The molecule has 0 spiro atoms. The first kappa shape index (κ1) is 24.8. The summed E-state index contributed by atoms with van der Waals surface area (Å²) in [6.45, 7) is 2.12. The van der Waals surface area contributed by atoms with Gasteiger partial charge in [-0.15, -0.1) is 0 Å². The molecule has 6 rings (SSSR count). The molecule has 12 heteroatoms. The van der Waals surface area contributed by atoms with Gasteiger partial charge in [0.1, 0.15) is 0 Å². The fraction of sp³-hybridized carbons (Fsp3) is 0.500. The van der Waals surface area contributed by atoms with Crippen LogP contribution in [0.25, 0.3) is 10.9 Å². The molecular formula is C26H29F3N6O3. The summed E-state index contributed by atoms with van der Waals surface area (Å²) < 4.78 is 51.3. The topological polar surface area (TPSA) is 105 Å². The molecule has 1 saturated carbocycles. The zero-order valence-electron chi connectivity index (χ0n) is 21.0. The summed E-state index contributed by atoms with van der Waals surface area (Å²) in [6.07, 6.45) is 2.59. The Morgan fingerprint density at radius 3 is 2.79 bits per heavy atom. The molecule has 38 heavy (non-hydrogen) atoms. The SMILES string of the molecule is C[C@H]1C[C@@H](O)CN(c2ncc(F)c(Nc3ccc4c(c3)c3c(c(=O)n4C)OCC(F)(F)[C@H](C4CC4)N3)n2)C1. The minimum absolute atomic E-state index is 0.0652. The van der Waals surface area contributed by atoms with E-state index in [1.54, 1.807) is 25.2 Å². The first-order valence-corrected chi connectivity index (χ1v) is 12.8. The number of piperidine rings is 1. The van der Waals surface area contributed by atoms with Gasteiger partial charge < -0.3 is 29.9 Å². The van der Waals surface area contributed by atoms with E-state index in [2.05, 4.69) is 20.6 Å². The van der Waals surface area contributed by atoms with Crippen LogP contribution in [0.3, 0.4) is 0 Å². The fourth-order valence-corrected chi connectivity index (χ4v) is 5.50. The average molecular weight is 531 g/mol. The van der Waals surface area contributed by atoms with Crippen LogP contribution in [0.4, 0.5) is 36.3 Å². The van der Waals surface area contributed by atoms with Gasteiger partial charge in [0.25, 0.3) is 5.56 Å². The van der Waals surface area contributed by atoms with Gasteiger partial charge in [0, 0.05) is 31.2 Å². The minimum atomic E-state index is -3.15. The number of nitrogens with one attached hydrogen (secondary N) is 2. The molecule has 0 radical (unpaired) electrons. The molecule has 3 N–H and O–H groups in total. The first-order valence-electron chi connectivity index (χ1n) is 12.8. The lowest BCUT2D eigenvalue weighted by Gasteiger charge is -2.34. The van der Waals surface area contributed by atoms with E-state index in [-0.39, 0.29) is 29.1 Å². The number of rotatable bonds is 4. The smallest absolute Gasteiger partial charge is 0.301 e. The molecule has 0 unspecified atom stereocenters. The number of aliphatic hydroxyl groups is 1. The van der Waals surface area contributed by atoms with Crippen LogP contribution < -0.4 is 25.8 Å². The molecule has 2 fully saturated rings. The lowest BCUT2D eigenvalue weighted by molar-refractivity contribution is -0.0579. The zero-order valence-corrected chi connectivity index (χ0v) is 21.0. The Morgan fingerprint density at radius 2 is 2.05 bits per heavy atom. The van der Waals surface area contributed by atoms with Crippen LogP contribution in [0.5, 0.6) is 5.75 Å². The number of aromatic nitrogens is 3. The number of benzene rings is 1. The van der Waals surface area contributed by atoms with Crippen LogP contribution in [-0.2, 0) is 7.05 Å². The predicted molar refractivity (Wildman–Crippen MR) is 137 cm³/mol. The van der Waals surface area contributed by atoms with Crippen molar-refractivity contribution in [1.82, 2.24) is 14.5 Å². The number of pyridine rings is 1. The van der Waals surface area contributed by atoms with E-state index in [1.807, 2.05) is 11.8 Å². The van der Waals surface area contributed by atoms with Gasteiger partial charge in [0.05, 0.1) is 29.5 Å². The Bertz CT molecular complexity index is 1450. The second-order valence-electron chi connectivity index (χ2n) is 10.7. The predicted octanol–water partition coefficient (Wildman–Crippen LogP) is 3.64. The fourth-order valence-electron chi connectivity index (χ4n) is 5.50. The molecule has 1 saturated heterocycles. The molecule has 0 amide bonds. The molecule has 3 aliphatic rings. The van der Waals surface area contributed by atoms with Crippen molar-refractivity contribution in [3.05, 3.63) is 40.6 Å². The van der Waals surface area contributed by atoms with Crippen LogP contribution in [0, 0.1) is 17.7 Å². The van der Waals surface area contributed by atoms with Crippen molar-refractivity contribution in [2.45, 2.75) is 44.3 Å². The molecule has 1 aliphatic carbocycles. The molecule has 4 heterocycles. The summed E-state index contributed by atoms with van der Waals surface area (Å²) in [4.78, 5) is 23.3. The van der Waals surface area contributed by atoms with Crippen molar-refractivity contribution in [2.75, 3.05) is 35.2 Å². The molecule has 1 aromatic carbocycles. The largest absolute Gasteiger partial charge is 0.480 e. The van der Waals surface area contributed by atoms with Crippen LogP contribution in [0.15, 0.2) is 29.2 Å². The van der Waals surface area contributed by atoms with Crippen molar-refractivity contribution in [1.29, 1.82) is 0 Å². The second kappa shape index (κ2) is 9.04. The van der Waals surface area contributed by atoms with Crippen LogP contribution in [0.1, 0.15) is 26.2 Å². The van der Waals surface area contributed by atoms with E-state index in [1.165, 1.54) is 4.57 Å². The number of ether oxygens (including phenoxy) is 1. The normalized spacial score (nSPS) is 24.8. The number of halogens is 3. The number of aliphatic hydroxyl groups excluding tert-OH is 1. The van der Waals surface area contributed by atoms with Gasteiger partial charge in [-0.1, -0.05) is 6.92 Å². The monoisotopic (exact) mass is 530 g/mol. The molecule has 2 aliphatic heterocycles. The van der Waals surface area contributed by atoms with Crippen molar-refractivity contribution < 1.29 is 23.0 Å². The third-order valence-electron chi connectivity index (χ3n) is 7.53. The molecule has 2 aromatic heterocycles. The second-order valence-corrected chi connectivity index (χ2v) is 10.7. The minimum Gasteiger partial charge on any atom is -0.480 e. The Hall–Kier alpha value is -3.54. The maximum atomic E-state index is 14.9. The third-order valence-corrected chi connectivity index (χ3v) is 7.53. The third kappa shape index (κ3) is 4.40. The molecular weight excluding hydrogens is 501 g/mol. The molecule has 0 bridgehead atoms. The quantitative estimate of drug-likeness (QED) is 0.470. The van der Waals surface area contributed by atoms with Crippen molar-refractivity contribution in [3.8, 4) is 5.75 Å². The van der Waals surface area contributed by atoms with Gasteiger partial charge >= 0.3 is 5.92 Å². The van der Waals surface area contributed by atoms with Gasteiger partial charge in [-0.2, -0.15) is 4.98 Å². The van der Waals surface area contributed by atoms with E-state index in [4.69, 9.17) is 4.74 Å². The van der Waals surface area contributed by atoms with Crippen molar-refractivity contribution >= 4 is 34.0 Å². The van der Waals surface area contributed by atoms with E-state index in [9.17, 15) is 23.1 Å². The van der Waals surface area contributed by atoms with Crippen molar-refractivity contribution in [3.63, 3.8) is 0 Å². The lowest BCUT2D eigenvalue weighted by Crippen LogP contribution is -2.44. The highest BCUT2D eigenvalue weighted by molar-refractivity contribution is 5.97. The average Bonchev–Trinajstić information content (AvgIpc) is 3.71. The highest BCUT2D eigenvalue weighted by Gasteiger charge is 2.51. The van der Waals surface area contributed by atoms with Gasteiger partial charge in [-0.3, -0.25) is 4.79 Å². The Balaban J connectivity index is 1.38. The van der Waals surface area contributed by atoms with E-state index < -0.39 is 36.1 Å². The van der Waals surface area contributed by atoms with Gasteiger partial charge in [-0.25, -0.2) is 18.2 Å². The summed E-state index contributed by atoms with van der Waals surface area (Å²) in [6, 6.07) is 3.83. The molecule has 9 nitrogen and oxygen atoms in total. The van der Waals surface area contributed by atoms with Crippen LogP contribution >= 0.6 is 0 Å². The van der Waals surface area contributed by atoms with Crippen LogP contribution in [0.2, 0.25) is 0 Å². The summed E-state index contributed by atoms with van der Waals surface area (Å²) in [5, 5.41) is 16.5. The van der Waals surface area contributed by atoms with E-state index in [0.29, 0.717) is 54.9 Å². The number of nitrogens with zero attached hydrogens (tertiary/aromatic N) is 4. The summed E-state index contributed by atoms with van der Waals surface area (Å²) in [5.74, 6) is -3.72. The number of hydrogen-bond acceptors (Lipinski definition) is 8. The van der Waals surface area contributed by atoms with Gasteiger partial charge in [0.15, 0.2) is 18.2 Å². The summed E-state index contributed by atoms with van der Waals surface area (Å²) in [5.41, 5.74) is 0.642. The lowest BCUT2D eigenvalue weighted by atomic mass is 9.98. The van der Waals surface area contributed by atoms with Crippen molar-refractivity contribution in [2.24, 2.45) is 18.9 Å². The Kier molecular flexibility index (Phi) is 5.89. The number of aryl methyl sites for hydroxylation is 1. The number of β-amino-alcohol motifs (C(OH)–C–C–N with tert-alkyl or cyclic N) is 1. The molecule has 202 valence electrons. The number of alkyl halides is 2. The Morgan fingerprint density at radius 1 is 1.26 bits per heavy atom. The zero-order chi connectivity index (χ0) is 26.8. The molecule has 3 aromatic rings. The number of anilines is 4. The van der Waals surface area contributed by atoms with Gasteiger partial charge in [0.2, 0.25) is 11.7 Å². The summed E-state index contributed by atoms with van der Waals surface area (Å²) in [7, 11) is 1.55. The first-order chi connectivity index (χ1) is 18.1. The standard InChI is InChI=1S/C26H29F3N6O3/c1-13-7-16(36)11-35(10-13)25-30-9-18(27)23(33-25)31-15-5-6-19-17(8-15)20-21(24(37)34(19)2)38-12-26(28,29)22(32-20)14-3-4-14/h5-6,8-9,13-14,16,22,32,36H,3-4,7,10-12H2,1-2H3,(H,30,31,33)/t13-,16+,22-/m0/s1. The van der Waals surface area contributed by atoms with Crippen LogP contribution in [-0.4, -0.2) is 57.4 Å². The van der Waals surface area contributed by atoms with E-state index >= 15 is 0 Å². The molecule has 3 atom stereocenters. The number of fused-ring (bicyclic) bond motifs is 3. The number of hydrogen-bond donors (Lipinski definition) is 3.